The Kier molecular flexibility index (Phi) is 4.04. The lowest BCUT2D eigenvalue weighted by molar-refractivity contribution is -0.154. The second-order valence-corrected chi connectivity index (χ2v) is 5.13. The van der Waals surface area contributed by atoms with E-state index in [1.807, 2.05) is 13.8 Å². The number of hydrogen-bond donors (Lipinski definition) is 2. The van der Waals surface area contributed by atoms with Crippen molar-refractivity contribution in [2.45, 2.75) is 76.6 Å². The first kappa shape index (κ1) is 13.9. The van der Waals surface area contributed by atoms with Crippen molar-refractivity contribution in [3.63, 3.8) is 0 Å². The Hall–Kier alpha value is -0.120. The van der Waals surface area contributed by atoms with Gasteiger partial charge in [0.25, 0.3) is 0 Å². The van der Waals surface area contributed by atoms with Gasteiger partial charge in [0.15, 0.2) is 0 Å². The fourth-order valence-corrected chi connectivity index (χ4v) is 2.82. The van der Waals surface area contributed by atoms with Gasteiger partial charge in [0.2, 0.25) is 0 Å². The highest BCUT2D eigenvalue weighted by atomic mass is 16.5. The molecule has 1 rings (SSSR count). The van der Waals surface area contributed by atoms with Crippen LogP contribution >= 0.6 is 0 Å². The summed E-state index contributed by atoms with van der Waals surface area (Å²) in [6.07, 6.45) is 3.44. The Morgan fingerprint density at radius 2 is 1.62 bits per heavy atom. The molecular formula is C13H26O3. The minimum atomic E-state index is -1.08. The topological polar surface area (TPSA) is 49.7 Å². The van der Waals surface area contributed by atoms with Crippen LogP contribution in [0.2, 0.25) is 0 Å². The number of hydrogen-bond acceptors (Lipinski definition) is 3. The Labute approximate surface area is 98.8 Å². The summed E-state index contributed by atoms with van der Waals surface area (Å²) < 4.78 is 5.79. The van der Waals surface area contributed by atoms with E-state index in [4.69, 9.17) is 4.74 Å². The number of rotatable bonds is 5. The van der Waals surface area contributed by atoms with Crippen LogP contribution in [0.5, 0.6) is 0 Å². The molecule has 96 valence electrons. The maximum atomic E-state index is 10.6. The zero-order valence-electron chi connectivity index (χ0n) is 11.0. The minimum Gasteiger partial charge on any atom is -0.387 e. The summed E-state index contributed by atoms with van der Waals surface area (Å²) in [5.41, 5.74) is -2.34. The fraction of sp³-hybridized carbons (Fsp3) is 1.00. The maximum absolute atomic E-state index is 10.6. The lowest BCUT2D eigenvalue weighted by Crippen LogP contribution is -2.54. The van der Waals surface area contributed by atoms with Gasteiger partial charge in [0.05, 0.1) is 17.8 Å². The van der Waals surface area contributed by atoms with Crippen LogP contribution in [0.25, 0.3) is 0 Å². The van der Waals surface area contributed by atoms with E-state index >= 15 is 0 Å². The quantitative estimate of drug-likeness (QED) is 0.761. The van der Waals surface area contributed by atoms with Gasteiger partial charge < -0.3 is 14.9 Å². The van der Waals surface area contributed by atoms with E-state index in [9.17, 15) is 10.2 Å². The molecule has 0 bridgehead atoms. The molecule has 2 N–H and O–H groups in total. The first-order valence-corrected chi connectivity index (χ1v) is 6.49. The van der Waals surface area contributed by atoms with Gasteiger partial charge in [-0.2, -0.15) is 0 Å². The number of ether oxygens (including phenoxy) is 1. The van der Waals surface area contributed by atoms with Crippen molar-refractivity contribution in [1.29, 1.82) is 0 Å². The fourth-order valence-electron chi connectivity index (χ4n) is 2.82. The summed E-state index contributed by atoms with van der Waals surface area (Å²) in [5.74, 6) is 0. The molecule has 0 saturated carbocycles. The molecule has 1 heterocycles. The van der Waals surface area contributed by atoms with Gasteiger partial charge in [-0.05, 0) is 25.7 Å². The molecule has 1 fully saturated rings. The molecule has 1 saturated heterocycles. The molecule has 0 aromatic heterocycles. The van der Waals surface area contributed by atoms with Crippen LogP contribution in [0.4, 0.5) is 0 Å². The molecule has 0 amide bonds. The van der Waals surface area contributed by atoms with Crippen LogP contribution in [0, 0.1) is 0 Å². The lowest BCUT2D eigenvalue weighted by Gasteiger charge is -2.40. The summed E-state index contributed by atoms with van der Waals surface area (Å²) in [7, 11) is 0. The summed E-state index contributed by atoms with van der Waals surface area (Å²) in [6, 6.07) is 0. The highest BCUT2D eigenvalue weighted by Crippen LogP contribution is 2.45. The van der Waals surface area contributed by atoms with Gasteiger partial charge in [0, 0.05) is 6.42 Å². The summed E-state index contributed by atoms with van der Waals surface area (Å²) >= 11 is 0. The second kappa shape index (κ2) is 4.63. The van der Waals surface area contributed by atoms with Crippen LogP contribution in [0.1, 0.15) is 59.8 Å². The van der Waals surface area contributed by atoms with E-state index in [-0.39, 0.29) is 12.2 Å². The predicted molar refractivity (Wildman–Crippen MR) is 64.4 cm³/mol. The van der Waals surface area contributed by atoms with Gasteiger partial charge in [0.1, 0.15) is 5.60 Å². The zero-order chi connectivity index (χ0) is 12.4. The van der Waals surface area contributed by atoms with E-state index in [0.29, 0.717) is 19.3 Å². The van der Waals surface area contributed by atoms with E-state index in [1.54, 1.807) is 0 Å². The van der Waals surface area contributed by atoms with Crippen LogP contribution in [-0.2, 0) is 4.74 Å². The SMILES string of the molecule is CCC1(CC)CC(O)(C(O)(CC)CC)CO1. The van der Waals surface area contributed by atoms with E-state index in [0.717, 1.165) is 12.8 Å². The molecule has 16 heavy (non-hydrogen) atoms. The van der Waals surface area contributed by atoms with Gasteiger partial charge in [-0.1, -0.05) is 27.7 Å². The van der Waals surface area contributed by atoms with Crippen molar-refractivity contribution >= 4 is 0 Å². The maximum Gasteiger partial charge on any atom is 0.119 e. The zero-order valence-corrected chi connectivity index (χ0v) is 11.0. The third-order valence-corrected chi connectivity index (χ3v) is 4.56. The minimum absolute atomic E-state index is 0.243. The van der Waals surface area contributed by atoms with Crippen LogP contribution in [-0.4, -0.2) is 33.6 Å². The third kappa shape index (κ3) is 2.01. The molecule has 1 aliphatic rings. The molecule has 0 radical (unpaired) electrons. The Balaban J connectivity index is 2.90. The average Bonchev–Trinajstić information content (AvgIpc) is 2.68. The van der Waals surface area contributed by atoms with Crippen LogP contribution in [0.15, 0.2) is 0 Å². The molecule has 0 spiro atoms. The van der Waals surface area contributed by atoms with Crippen molar-refractivity contribution in [2.24, 2.45) is 0 Å². The van der Waals surface area contributed by atoms with Gasteiger partial charge in [-0.3, -0.25) is 0 Å². The van der Waals surface area contributed by atoms with Gasteiger partial charge in [-0.25, -0.2) is 0 Å². The third-order valence-electron chi connectivity index (χ3n) is 4.56. The molecule has 1 atom stereocenters. The molecule has 0 aliphatic carbocycles. The second-order valence-electron chi connectivity index (χ2n) is 5.13. The van der Waals surface area contributed by atoms with Crippen molar-refractivity contribution in [2.75, 3.05) is 6.61 Å². The molecule has 3 nitrogen and oxygen atoms in total. The first-order valence-electron chi connectivity index (χ1n) is 6.49. The summed E-state index contributed by atoms with van der Waals surface area (Å²) in [5, 5.41) is 21.1. The van der Waals surface area contributed by atoms with Crippen molar-refractivity contribution < 1.29 is 14.9 Å². The first-order chi connectivity index (χ1) is 7.41. The summed E-state index contributed by atoms with van der Waals surface area (Å²) in [6.45, 7) is 8.24. The predicted octanol–water partition coefficient (Wildman–Crippen LogP) is 2.25. The lowest BCUT2D eigenvalue weighted by atomic mass is 9.74. The summed E-state index contributed by atoms with van der Waals surface area (Å²) in [4.78, 5) is 0. The van der Waals surface area contributed by atoms with Crippen molar-refractivity contribution in [3.8, 4) is 0 Å². The van der Waals surface area contributed by atoms with E-state index in [2.05, 4.69) is 13.8 Å². The largest absolute Gasteiger partial charge is 0.387 e. The Morgan fingerprint density at radius 1 is 1.12 bits per heavy atom. The van der Waals surface area contributed by atoms with Crippen molar-refractivity contribution in [3.05, 3.63) is 0 Å². The average molecular weight is 230 g/mol. The normalized spacial score (nSPS) is 29.6. The van der Waals surface area contributed by atoms with Gasteiger partial charge >= 0.3 is 0 Å². The smallest absolute Gasteiger partial charge is 0.119 e. The van der Waals surface area contributed by atoms with E-state index < -0.39 is 11.2 Å². The highest BCUT2D eigenvalue weighted by Gasteiger charge is 2.56. The molecule has 0 aromatic carbocycles. The van der Waals surface area contributed by atoms with Crippen LogP contribution in [0.3, 0.4) is 0 Å². The monoisotopic (exact) mass is 230 g/mol. The van der Waals surface area contributed by atoms with Crippen molar-refractivity contribution in [1.82, 2.24) is 0 Å². The molecule has 1 unspecified atom stereocenters. The standard InChI is InChI=1S/C13H26O3/c1-5-11(6-2)9-13(15,10-16-11)12(14,7-3)8-4/h14-15H,5-10H2,1-4H3. The van der Waals surface area contributed by atoms with Gasteiger partial charge in [-0.15, -0.1) is 0 Å². The van der Waals surface area contributed by atoms with E-state index in [1.165, 1.54) is 0 Å². The Morgan fingerprint density at radius 3 is 1.94 bits per heavy atom. The highest BCUT2D eigenvalue weighted by molar-refractivity contribution is 5.07. The molecular weight excluding hydrogens is 204 g/mol. The molecule has 3 heteroatoms. The Bertz CT molecular complexity index is 231. The molecule has 1 aliphatic heterocycles. The van der Waals surface area contributed by atoms with Crippen LogP contribution < -0.4 is 0 Å². The molecule has 0 aromatic rings. The number of aliphatic hydroxyl groups is 2.